The van der Waals surface area contributed by atoms with Gasteiger partial charge in [0.15, 0.2) is 0 Å². The molecule has 3 N–H and O–H groups in total. The first-order valence-corrected chi connectivity index (χ1v) is 5.30. The Kier molecular flexibility index (Phi) is 2.37. The van der Waals surface area contributed by atoms with Crippen molar-refractivity contribution in [3.8, 4) is 0 Å². The van der Waals surface area contributed by atoms with Crippen molar-refractivity contribution in [3.05, 3.63) is 0 Å². The average Bonchev–Trinajstić information content (AvgIpc) is 2.12. The van der Waals surface area contributed by atoms with Crippen molar-refractivity contribution in [1.82, 2.24) is 5.32 Å². The van der Waals surface area contributed by atoms with Crippen LogP contribution in [0.5, 0.6) is 0 Å². The molecule has 0 unspecified atom stereocenters. The third-order valence-electron chi connectivity index (χ3n) is 3.83. The van der Waals surface area contributed by atoms with Crippen molar-refractivity contribution in [2.24, 2.45) is 11.1 Å². The summed E-state index contributed by atoms with van der Waals surface area (Å²) in [6.45, 7) is 2.38. The third-order valence-corrected chi connectivity index (χ3v) is 3.83. The maximum atomic E-state index is 6.22. The zero-order valence-electron chi connectivity index (χ0n) is 7.81. The van der Waals surface area contributed by atoms with Crippen LogP contribution in [-0.2, 0) is 0 Å². The van der Waals surface area contributed by atoms with Crippen molar-refractivity contribution < 1.29 is 0 Å². The first-order valence-electron chi connectivity index (χ1n) is 5.30. The topological polar surface area (TPSA) is 38.0 Å². The summed E-state index contributed by atoms with van der Waals surface area (Å²) in [6.07, 6.45) is 8.04. The number of nitrogens with one attached hydrogen (secondary N) is 1. The van der Waals surface area contributed by atoms with Crippen LogP contribution in [0.1, 0.15) is 38.5 Å². The van der Waals surface area contributed by atoms with Crippen LogP contribution in [0.3, 0.4) is 0 Å². The Morgan fingerprint density at radius 2 is 1.83 bits per heavy atom. The highest BCUT2D eigenvalue weighted by molar-refractivity contribution is 4.95. The second-order valence-corrected chi connectivity index (χ2v) is 4.46. The van der Waals surface area contributed by atoms with E-state index in [0.717, 1.165) is 0 Å². The van der Waals surface area contributed by atoms with Crippen LogP contribution in [-0.4, -0.2) is 19.1 Å². The van der Waals surface area contributed by atoms with E-state index in [9.17, 15) is 0 Å². The molecule has 1 atom stereocenters. The van der Waals surface area contributed by atoms with Crippen LogP contribution >= 0.6 is 0 Å². The molecule has 2 rings (SSSR count). The van der Waals surface area contributed by atoms with Gasteiger partial charge in [0.25, 0.3) is 0 Å². The molecule has 2 nitrogen and oxygen atoms in total. The lowest BCUT2D eigenvalue weighted by molar-refractivity contribution is 0.105. The Labute approximate surface area is 74.9 Å². The third kappa shape index (κ3) is 1.38. The largest absolute Gasteiger partial charge is 0.327 e. The van der Waals surface area contributed by atoms with Crippen molar-refractivity contribution in [1.29, 1.82) is 0 Å². The van der Waals surface area contributed by atoms with Gasteiger partial charge in [0, 0.05) is 6.04 Å². The van der Waals surface area contributed by atoms with Gasteiger partial charge in [0.2, 0.25) is 0 Å². The van der Waals surface area contributed by atoms with Gasteiger partial charge >= 0.3 is 0 Å². The predicted octanol–water partition coefficient (Wildman–Crippen LogP) is 1.26. The summed E-state index contributed by atoms with van der Waals surface area (Å²) in [4.78, 5) is 0. The number of hydrogen-bond acceptors (Lipinski definition) is 2. The second-order valence-electron chi connectivity index (χ2n) is 4.46. The van der Waals surface area contributed by atoms with Gasteiger partial charge < -0.3 is 11.1 Å². The molecule has 1 aliphatic heterocycles. The zero-order chi connectivity index (χ0) is 8.44. The van der Waals surface area contributed by atoms with Gasteiger partial charge in [-0.2, -0.15) is 0 Å². The van der Waals surface area contributed by atoms with E-state index >= 15 is 0 Å². The molecule has 0 aromatic heterocycles. The minimum Gasteiger partial charge on any atom is -0.327 e. The zero-order valence-corrected chi connectivity index (χ0v) is 7.81. The summed E-state index contributed by atoms with van der Waals surface area (Å²) in [5.74, 6) is 0. The van der Waals surface area contributed by atoms with E-state index in [1.807, 2.05) is 0 Å². The molecule has 1 saturated carbocycles. The second kappa shape index (κ2) is 3.35. The fraction of sp³-hybridized carbons (Fsp3) is 1.00. The van der Waals surface area contributed by atoms with E-state index in [1.165, 1.54) is 51.6 Å². The Balaban J connectivity index is 2.04. The lowest BCUT2D eigenvalue weighted by Crippen LogP contribution is -2.50. The molecule has 1 spiro atoms. The van der Waals surface area contributed by atoms with Gasteiger partial charge in [-0.05, 0) is 44.2 Å². The van der Waals surface area contributed by atoms with E-state index in [2.05, 4.69) is 5.32 Å². The molecule has 0 amide bonds. The molecule has 1 aliphatic carbocycles. The van der Waals surface area contributed by atoms with Crippen LogP contribution in [0, 0.1) is 5.41 Å². The molecular weight excluding hydrogens is 148 g/mol. The monoisotopic (exact) mass is 168 g/mol. The van der Waals surface area contributed by atoms with E-state index < -0.39 is 0 Å². The van der Waals surface area contributed by atoms with Gasteiger partial charge in [-0.25, -0.2) is 0 Å². The van der Waals surface area contributed by atoms with Gasteiger partial charge in [0.1, 0.15) is 0 Å². The van der Waals surface area contributed by atoms with Crippen LogP contribution in [0.2, 0.25) is 0 Å². The van der Waals surface area contributed by atoms with Crippen LogP contribution in [0.4, 0.5) is 0 Å². The molecule has 0 aromatic rings. The quantitative estimate of drug-likeness (QED) is 0.571. The summed E-state index contributed by atoms with van der Waals surface area (Å²) in [7, 11) is 0. The van der Waals surface area contributed by atoms with Crippen molar-refractivity contribution in [2.75, 3.05) is 13.1 Å². The molecule has 0 bridgehead atoms. The molecule has 1 heterocycles. The molecule has 70 valence electrons. The first kappa shape index (κ1) is 8.52. The van der Waals surface area contributed by atoms with Crippen molar-refractivity contribution in [3.63, 3.8) is 0 Å². The number of piperidine rings is 1. The van der Waals surface area contributed by atoms with Gasteiger partial charge in [-0.3, -0.25) is 0 Å². The Bertz CT molecular complexity index is 142. The molecule has 1 saturated heterocycles. The van der Waals surface area contributed by atoms with Crippen LogP contribution < -0.4 is 11.1 Å². The number of rotatable bonds is 0. The summed E-state index contributed by atoms with van der Waals surface area (Å²) in [5, 5.41) is 3.42. The molecular formula is C10H20N2. The Morgan fingerprint density at radius 1 is 1.08 bits per heavy atom. The summed E-state index contributed by atoms with van der Waals surface area (Å²) in [6, 6.07) is 0.494. The molecule has 0 radical (unpaired) electrons. The van der Waals surface area contributed by atoms with Crippen LogP contribution in [0.15, 0.2) is 0 Å². The Morgan fingerprint density at radius 3 is 2.50 bits per heavy atom. The van der Waals surface area contributed by atoms with Crippen LogP contribution in [0.25, 0.3) is 0 Å². The molecule has 2 aliphatic rings. The minimum absolute atomic E-state index is 0.494. The highest BCUT2D eigenvalue weighted by atomic mass is 14.9. The van der Waals surface area contributed by atoms with E-state index in [1.54, 1.807) is 0 Å². The Hall–Kier alpha value is -0.0800. The van der Waals surface area contributed by atoms with Crippen molar-refractivity contribution in [2.45, 2.75) is 44.6 Å². The maximum absolute atomic E-state index is 6.22. The van der Waals surface area contributed by atoms with Gasteiger partial charge in [-0.1, -0.05) is 12.8 Å². The molecule has 2 heteroatoms. The first-order chi connectivity index (χ1) is 5.83. The predicted molar refractivity (Wildman–Crippen MR) is 51.0 cm³/mol. The molecule has 2 fully saturated rings. The lowest BCUT2D eigenvalue weighted by Gasteiger charge is -2.45. The van der Waals surface area contributed by atoms with Gasteiger partial charge in [-0.15, -0.1) is 0 Å². The smallest absolute Gasteiger partial charge is 0.00965 e. The van der Waals surface area contributed by atoms with E-state index in [0.29, 0.717) is 11.5 Å². The fourth-order valence-electron chi connectivity index (χ4n) is 2.88. The number of hydrogen-bond donors (Lipinski definition) is 2. The van der Waals surface area contributed by atoms with E-state index in [4.69, 9.17) is 5.73 Å². The van der Waals surface area contributed by atoms with Crippen molar-refractivity contribution >= 4 is 0 Å². The minimum atomic E-state index is 0.494. The standard InChI is InChI=1S/C10H20N2/c11-9-3-1-2-4-10(9)5-7-12-8-6-10/h9,12H,1-8,11H2/t9-/m0/s1. The summed E-state index contributed by atoms with van der Waals surface area (Å²) < 4.78 is 0. The normalized spacial score (nSPS) is 35.2. The molecule has 0 aromatic carbocycles. The SMILES string of the molecule is N[C@H]1CCCCC12CCNCC2. The van der Waals surface area contributed by atoms with Gasteiger partial charge in [0.05, 0.1) is 0 Å². The summed E-state index contributed by atoms with van der Waals surface area (Å²) in [5.41, 5.74) is 6.75. The fourth-order valence-corrected chi connectivity index (χ4v) is 2.88. The highest BCUT2D eigenvalue weighted by Crippen LogP contribution is 2.42. The summed E-state index contributed by atoms with van der Waals surface area (Å²) >= 11 is 0. The average molecular weight is 168 g/mol. The maximum Gasteiger partial charge on any atom is 0.00965 e. The number of nitrogens with two attached hydrogens (primary N) is 1. The lowest BCUT2D eigenvalue weighted by atomic mass is 9.65. The molecule has 12 heavy (non-hydrogen) atoms. The van der Waals surface area contributed by atoms with E-state index in [-0.39, 0.29) is 0 Å². The highest BCUT2D eigenvalue weighted by Gasteiger charge is 2.39.